The molecular formula is C12H25NO3S. The van der Waals surface area contributed by atoms with Gasteiger partial charge >= 0.3 is 0 Å². The van der Waals surface area contributed by atoms with Gasteiger partial charge in [0.2, 0.25) is 0 Å². The Hall–Kier alpha value is -0.130. The van der Waals surface area contributed by atoms with Gasteiger partial charge in [0.15, 0.2) is 9.84 Å². The summed E-state index contributed by atoms with van der Waals surface area (Å²) in [4.78, 5) is 0. The van der Waals surface area contributed by atoms with Crippen LogP contribution in [0.2, 0.25) is 0 Å². The second-order valence-electron chi connectivity index (χ2n) is 5.81. The van der Waals surface area contributed by atoms with Crippen LogP contribution in [0.25, 0.3) is 0 Å². The summed E-state index contributed by atoms with van der Waals surface area (Å²) in [7, 11) is -3.06. The van der Waals surface area contributed by atoms with Crippen LogP contribution < -0.4 is 5.32 Å². The van der Waals surface area contributed by atoms with Gasteiger partial charge in [-0.2, -0.15) is 0 Å². The number of hydrogen-bond acceptors (Lipinski definition) is 4. The molecule has 0 saturated carbocycles. The smallest absolute Gasteiger partial charge is 0.157 e. The molecule has 1 heterocycles. The first-order valence-corrected chi connectivity index (χ1v) is 7.94. The molecule has 2 atom stereocenters. The zero-order valence-electron chi connectivity index (χ0n) is 11.3. The number of hydrogen-bond donors (Lipinski definition) is 1. The van der Waals surface area contributed by atoms with E-state index in [-0.39, 0.29) is 11.9 Å². The van der Waals surface area contributed by atoms with Crippen LogP contribution in [0.15, 0.2) is 0 Å². The lowest BCUT2D eigenvalue weighted by Gasteiger charge is -2.30. The summed E-state index contributed by atoms with van der Waals surface area (Å²) in [5.41, 5.74) is 0. The molecule has 1 aliphatic heterocycles. The second-order valence-corrected chi connectivity index (χ2v) is 8.67. The number of sulfone groups is 1. The molecule has 1 saturated heterocycles. The Kier molecular flexibility index (Phi) is 4.98. The van der Waals surface area contributed by atoms with Crippen molar-refractivity contribution in [1.82, 2.24) is 5.32 Å². The highest BCUT2D eigenvalue weighted by atomic mass is 32.2. The number of piperidine rings is 1. The lowest BCUT2D eigenvalue weighted by atomic mass is 9.97. The van der Waals surface area contributed by atoms with E-state index < -0.39 is 14.6 Å². The average Bonchev–Trinajstić information content (AvgIpc) is 2.19. The lowest BCUT2D eigenvalue weighted by Crippen LogP contribution is -2.42. The minimum atomic E-state index is -3.06. The number of ether oxygens (including phenoxy) is 1. The van der Waals surface area contributed by atoms with Gasteiger partial charge in [-0.05, 0) is 39.7 Å². The number of nitrogens with one attached hydrogen (secondary N) is 1. The van der Waals surface area contributed by atoms with E-state index in [0.29, 0.717) is 12.5 Å². The second kappa shape index (κ2) is 5.67. The summed E-state index contributed by atoms with van der Waals surface area (Å²) >= 11 is 0. The van der Waals surface area contributed by atoms with Gasteiger partial charge in [0, 0.05) is 6.54 Å². The van der Waals surface area contributed by atoms with Crippen molar-refractivity contribution in [3.05, 3.63) is 0 Å². The van der Waals surface area contributed by atoms with Crippen molar-refractivity contribution < 1.29 is 13.2 Å². The molecule has 5 heteroatoms. The fourth-order valence-corrected chi connectivity index (χ4v) is 2.73. The Bertz CT molecular complexity index is 332. The zero-order chi connectivity index (χ0) is 13.1. The third-order valence-corrected chi connectivity index (χ3v) is 5.94. The van der Waals surface area contributed by atoms with Gasteiger partial charge in [0.1, 0.15) is 0 Å². The van der Waals surface area contributed by atoms with Crippen molar-refractivity contribution in [3.8, 4) is 0 Å². The lowest BCUT2D eigenvalue weighted by molar-refractivity contribution is 0.0123. The Morgan fingerprint density at radius 1 is 1.35 bits per heavy atom. The Morgan fingerprint density at radius 2 is 2.00 bits per heavy atom. The van der Waals surface area contributed by atoms with Crippen molar-refractivity contribution in [1.29, 1.82) is 0 Å². The van der Waals surface area contributed by atoms with Gasteiger partial charge in [-0.25, -0.2) is 8.42 Å². The first kappa shape index (κ1) is 14.9. The van der Waals surface area contributed by atoms with Crippen molar-refractivity contribution in [3.63, 3.8) is 0 Å². The summed E-state index contributed by atoms with van der Waals surface area (Å²) in [6.45, 7) is 9.51. The summed E-state index contributed by atoms with van der Waals surface area (Å²) in [5, 5.41) is 3.27. The Balaban J connectivity index is 2.37. The molecule has 0 radical (unpaired) electrons. The molecule has 4 nitrogen and oxygen atoms in total. The molecule has 17 heavy (non-hydrogen) atoms. The highest BCUT2D eigenvalue weighted by Gasteiger charge is 2.29. The first-order valence-electron chi connectivity index (χ1n) is 6.28. The van der Waals surface area contributed by atoms with Crippen LogP contribution in [0.1, 0.15) is 34.1 Å². The van der Waals surface area contributed by atoms with Gasteiger partial charge in [0.05, 0.1) is 23.2 Å². The molecule has 0 spiro atoms. The SMILES string of the molecule is CC1CCNCC1OCCS(=O)(=O)C(C)(C)C. The van der Waals surface area contributed by atoms with Crippen molar-refractivity contribution in [2.45, 2.75) is 45.0 Å². The van der Waals surface area contributed by atoms with Gasteiger partial charge in [-0.15, -0.1) is 0 Å². The highest BCUT2D eigenvalue weighted by molar-refractivity contribution is 7.92. The van der Waals surface area contributed by atoms with Gasteiger partial charge < -0.3 is 10.1 Å². The van der Waals surface area contributed by atoms with Crippen LogP contribution in [-0.2, 0) is 14.6 Å². The summed E-state index contributed by atoms with van der Waals surface area (Å²) in [6, 6.07) is 0. The molecule has 1 rings (SSSR count). The van der Waals surface area contributed by atoms with Crippen molar-refractivity contribution in [2.75, 3.05) is 25.4 Å². The molecule has 0 aliphatic carbocycles. The maximum absolute atomic E-state index is 11.9. The molecule has 1 aliphatic rings. The molecule has 0 amide bonds. The van der Waals surface area contributed by atoms with Crippen LogP contribution in [0.4, 0.5) is 0 Å². The molecule has 1 N–H and O–H groups in total. The molecule has 1 fully saturated rings. The minimum Gasteiger partial charge on any atom is -0.376 e. The maximum Gasteiger partial charge on any atom is 0.157 e. The van der Waals surface area contributed by atoms with E-state index in [1.807, 2.05) is 0 Å². The fourth-order valence-electron chi connectivity index (χ4n) is 1.80. The highest BCUT2D eigenvalue weighted by Crippen LogP contribution is 2.18. The molecule has 102 valence electrons. The van der Waals surface area contributed by atoms with Crippen molar-refractivity contribution in [2.24, 2.45) is 5.92 Å². The van der Waals surface area contributed by atoms with E-state index >= 15 is 0 Å². The number of rotatable bonds is 4. The van der Waals surface area contributed by atoms with E-state index in [1.165, 1.54) is 0 Å². The fraction of sp³-hybridized carbons (Fsp3) is 1.00. The van der Waals surface area contributed by atoms with Crippen LogP contribution in [0.5, 0.6) is 0 Å². The normalized spacial score (nSPS) is 27.1. The molecular weight excluding hydrogens is 238 g/mol. The molecule has 2 unspecified atom stereocenters. The van der Waals surface area contributed by atoms with E-state index in [0.717, 1.165) is 19.5 Å². The predicted molar refractivity (Wildman–Crippen MR) is 69.9 cm³/mol. The van der Waals surface area contributed by atoms with E-state index in [9.17, 15) is 8.42 Å². The quantitative estimate of drug-likeness (QED) is 0.828. The zero-order valence-corrected chi connectivity index (χ0v) is 12.1. The van der Waals surface area contributed by atoms with Gasteiger partial charge in [-0.3, -0.25) is 0 Å². The molecule has 0 aromatic carbocycles. The van der Waals surface area contributed by atoms with Gasteiger partial charge in [-0.1, -0.05) is 6.92 Å². The Morgan fingerprint density at radius 3 is 2.53 bits per heavy atom. The standard InChI is InChI=1S/C12H25NO3S/c1-10-5-6-13-9-11(10)16-7-8-17(14,15)12(2,3)4/h10-11,13H,5-9H2,1-4H3. The Labute approximate surface area is 105 Å². The molecule has 0 bridgehead atoms. The maximum atomic E-state index is 11.9. The van der Waals surface area contributed by atoms with Crippen molar-refractivity contribution >= 4 is 9.84 Å². The van der Waals surface area contributed by atoms with Crippen LogP contribution in [0, 0.1) is 5.92 Å². The molecule has 0 aromatic rings. The summed E-state index contributed by atoms with van der Waals surface area (Å²) in [5.74, 6) is 0.619. The topological polar surface area (TPSA) is 55.4 Å². The largest absolute Gasteiger partial charge is 0.376 e. The first-order chi connectivity index (χ1) is 7.74. The van der Waals surface area contributed by atoms with Gasteiger partial charge in [0.25, 0.3) is 0 Å². The van der Waals surface area contributed by atoms with E-state index in [1.54, 1.807) is 20.8 Å². The van der Waals surface area contributed by atoms with E-state index in [4.69, 9.17) is 4.74 Å². The van der Waals surface area contributed by atoms with Crippen LogP contribution in [-0.4, -0.2) is 44.7 Å². The minimum absolute atomic E-state index is 0.111. The third-order valence-electron chi connectivity index (χ3n) is 3.37. The van der Waals surface area contributed by atoms with E-state index in [2.05, 4.69) is 12.2 Å². The summed E-state index contributed by atoms with van der Waals surface area (Å²) in [6.07, 6.45) is 1.25. The predicted octanol–water partition coefficient (Wildman–Crippen LogP) is 1.21. The average molecular weight is 263 g/mol. The monoisotopic (exact) mass is 263 g/mol. The van der Waals surface area contributed by atoms with Crippen LogP contribution in [0.3, 0.4) is 0 Å². The van der Waals surface area contributed by atoms with Crippen LogP contribution >= 0.6 is 0 Å². The summed E-state index contributed by atoms with van der Waals surface area (Å²) < 4.78 is 28.8. The third kappa shape index (κ3) is 4.23. The molecule has 0 aromatic heterocycles.